The number of thioether (sulfide) groups is 1. The summed E-state index contributed by atoms with van der Waals surface area (Å²) in [4.78, 5) is 8.63. The van der Waals surface area contributed by atoms with Crippen LogP contribution in [0, 0.1) is 5.41 Å². The lowest BCUT2D eigenvalue weighted by Gasteiger charge is -2.14. The molecule has 25 heavy (non-hydrogen) atoms. The van der Waals surface area contributed by atoms with Crippen molar-refractivity contribution in [3.8, 4) is 22.6 Å². The number of nitrogens with two attached hydrogens (primary N) is 1. The smallest absolute Gasteiger partial charge is 0.189 e. The Morgan fingerprint density at radius 2 is 1.96 bits per heavy atom. The third kappa shape index (κ3) is 2.98. The van der Waals surface area contributed by atoms with Gasteiger partial charge < -0.3 is 15.3 Å². The van der Waals surface area contributed by atoms with Crippen molar-refractivity contribution in [2.45, 2.75) is 5.16 Å². The highest BCUT2D eigenvalue weighted by molar-refractivity contribution is 7.98. The summed E-state index contributed by atoms with van der Waals surface area (Å²) in [5, 5.41) is 10.1. The Labute approximate surface area is 153 Å². The Balaban J connectivity index is 2.33. The van der Waals surface area contributed by atoms with E-state index in [1.54, 1.807) is 31.5 Å². The normalized spacial score (nSPS) is 10.9. The summed E-state index contributed by atoms with van der Waals surface area (Å²) < 4.78 is 11.8. The van der Waals surface area contributed by atoms with Crippen LogP contribution in [0.25, 0.3) is 22.2 Å². The monoisotopic (exact) mass is 377 g/mol. The van der Waals surface area contributed by atoms with Gasteiger partial charge >= 0.3 is 0 Å². The van der Waals surface area contributed by atoms with Crippen LogP contribution in [0.1, 0.15) is 0 Å². The minimum atomic E-state index is 0.0652. The van der Waals surface area contributed by atoms with Crippen molar-refractivity contribution >= 4 is 34.4 Å². The minimum absolute atomic E-state index is 0.0652. The maximum atomic E-state index is 8.42. The molecule has 0 atom stereocenters. The number of halogens is 1. The van der Waals surface area contributed by atoms with Crippen LogP contribution in [0.2, 0.25) is 5.02 Å². The summed E-state index contributed by atoms with van der Waals surface area (Å²) in [5.41, 5.74) is 1.64. The lowest BCUT2D eigenvalue weighted by molar-refractivity contribution is 0.395. The molecule has 0 saturated heterocycles. The van der Waals surface area contributed by atoms with Crippen LogP contribution in [0.4, 0.5) is 0 Å². The molecule has 9 heteroatoms. The molecule has 0 fully saturated rings. The summed E-state index contributed by atoms with van der Waals surface area (Å²) in [7, 11) is 3.07. The summed E-state index contributed by atoms with van der Waals surface area (Å²) in [6.45, 7) is 0. The van der Waals surface area contributed by atoms with Crippen LogP contribution in [-0.4, -0.2) is 35.1 Å². The molecule has 1 aromatic carbocycles. The number of fused-ring (bicyclic) bond motifs is 1. The largest absolute Gasteiger partial charge is 0.497 e. The van der Waals surface area contributed by atoms with Gasteiger partial charge in [-0.05, 0) is 18.4 Å². The number of pyridine rings is 1. The predicted octanol–water partition coefficient (Wildman–Crippen LogP) is 2.68. The average molecular weight is 378 g/mol. The molecule has 0 bridgehead atoms. The SMILES string of the molecule is COc1cc(OC)c(Cl)c(-c2cc3cnc(SC)nc3n(N)c2=N)c1. The van der Waals surface area contributed by atoms with E-state index in [0.29, 0.717) is 43.8 Å². The molecular formula is C16H16ClN5O2S. The molecule has 0 saturated carbocycles. The Morgan fingerprint density at radius 1 is 1.20 bits per heavy atom. The van der Waals surface area contributed by atoms with Crippen molar-refractivity contribution in [1.82, 2.24) is 14.6 Å². The molecule has 130 valence electrons. The van der Waals surface area contributed by atoms with E-state index in [4.69, 9.17) is 32.3 Å². The van der Waals surface area contributed by atoms with Crippen LogP contribution in [-0.2, 0) is 0 Å². The van der Waals surface area contributed by atoms with Gasteiger partial charge in [-0.2, -0.15) is 0 Å². The van der Waals surface area contributed by atoms with Crippen molar-refractivity contribution in [2.75, 3.05) is 26.3 Å². The number of nitrogens with one attached hydrogen (secondary N) is 1. The van der Waals surface area contributed by atoms with E-state index >= 15 is 0 Å². The van der Waals surface area contributed by atoms with E-state index in [9.17, 15) is 0 Å². The number of methoxy groups -OCH3 is 2. The maximum absolute atomic E-state index is 8.42. The van der Waals surface area contributed by atoms with Crippen LogP contribution < -0.4 is 20.8 Å². The summed E-state index contributed by atoms with van der Waals surface area (Å²) in [6, 6.07) is 5.20. The first-order valence-electron chi connectivity index (χ1n) is 7.18. The third-order valence-electron chi connectivity index (χ3n) is 3.74. The van der Waals surface area contributed by atoms with Gasteiger partial charge in [-0.15, -0.1) is 0 Å². The standard InChI is InChI=1S/C16H16ClN5O2S/c1-23-9-5-10(13(17)12(6-9)24-2)11-4-8-7-20-16(25-3)21-15(8)22(19)14(11)18/h4-7,18H,19H2,1-3H3. The van der Waals surface area contributed by atoms with Crippen molar-refractivity contribution in [1.29, 1.82) is 5.41 Å². The van der Waals surface area contributed by atoms with Gasteiger partial charge in [0.15, 0.2) is 16.3 Å². The molecule has 0 unspecified atom stereocenters. The number of ether oxygens (including phenoxy) is 2. The zero-order valence-electron chi connectivity index (χ0n) is 13.8. The summed E-state index contributed by atoms with van der Waals surface area (Å²) in [6.07, 6.45) is 3.55. The van der Waals surface area contributed by atoms with E-state index in [-0.39, 0.29) is 5.49 Å². The first-order chi connectivity index (χ1) is 12.0. The van der Waals surface area contributed by atoms with Gasteiger partial charge in [-0.3, -0.25) is 5.41 Å². The zero-order valence-corrected chi connectivity index (χ0v) is 15.4. The lowest BCUT2D eigenvalue weighted by atomic mass is 10.0. The third-order valence-corrected chi connectivity index (χ3v) is 4.69. The number of hydrogen-bond acceptors (Lipinski definition) is 7. The molecule has 2 aromatic heterocycles. The number of rotatable bonds is 4. The molecule has 0 spiro atoms. The lowest BCUT2D eigenvalue weighted by Crippen LogP contribution is -2.29. The molecule has 0 aliphatic rings. The van der Waals surface area contributed by atoms with Gasteiger partial charge in [0.1, 0.15) is 11.5 Å². The van der Waals surface area contributed by atoms with Crippen LogP contribution in [0.15, 0.2) is 29.6 Å². The predicted molar refractivity (Wildman–Crippen MR) is 98.9 cm³/mol. The van der Waals surface area contributed by atoms with E-state index in [1.165, 1.54) is 23.5 Å². The van der Waals surface area contributed by atoms with Gasteiger partial charge in [0.05, 0.1) is 19.2 Å². The maximum Gasteiger partial charge on any atom is 0.189 e. The highest BCUT2D eigenvalue weighted by atomic mass is 35.5. The molecule has 0 aliphatic carbocycles. The molecule has 0 radical (unpaired) electrons. The minimum Gasteiger partial charge on any atom is -0.497 e. The highest BCUT2D eigenvalue weighted by Crippen LogP contribution is 2.38. The molecule has 3 N–H and O–H groups in total. The second kappa shape index (κ2) is 6.81. The second-order valence-electron chi connectivity index (χ2n) is 5.10. The van der Waals surface area contributed by atoms with Crippen molar-refractivity contribution in [3.63, 3.8) is 0 Å². The van der Waals surface area contributed by atoms with Crippen LogP contribution in [0.3, 0.4) is 0 Å². The van der Waals surface area contributed by atoms with Crippen molar-refractivity contribution < 1.29 is 9.47 Å². The first-order valence-corrected chi connectivity index (χ1v) is 8.78. The summed E-state index contributed by atoms with van der Waals surface area (Å²) in [5.74, 6) is 7.11. The number of nitrogens with zero attached hydrogens (tertiary/aromatic N) is 3. The second-order valence-corrected chi connectivity index (χ2v) is 6.25. The molecule has 3 aromatic rings. The van der Waals surface area contributed by atoms with Gasteiger partial charge in [-0.25, -0.2) is 14.6 Å². The van der Waals surface area contributed by atoms with E-state index in [2.05, 4.69) is 9.97 Å². The summed E-state index contributed by atoms with van der Waals surface area (Å²) >= 11 is 7.85. The van der Waals surface area contributed by atoms with E-state index in [1.807, 2.05) is 6.26 Å². The Hall–Kier alpha value is -2.45. The molecule has 2 heterocycles. The molecule has 0 aliphatic heterocycles. The fourth-order valence-corrected chi connectivity index (χ4v) is 3.08. The number of aromatic nitrogens is 3. The van der Waals surface area contributed by atoms with Crippen LogP contribution in [0.5, 0.6) is 11.5 Å². The molecule has 3 rings (SSSR count). The average Bonchev–Trinajstić information content (AvgIpc) is 2.64. The fourth-order valence-electron chi connectivity index (χ4n) is 2.46. The Morgan fingerprint density at radius 3 is 2.60 bits per heavy atom. The van der Waals surface area contributed by atoms with Crippen molar-refractivity contribution in [3.05, 3.63) is 34.9 Å². The number of benzene rings is 1. The van der Waals surface area contributed by atoms with Gasteiger partial charge in [0, 0.05) is 28.8 Å². The highest BCUT2D eigenvalue weighted by Gasteiger charge is 2.16. The quantitative estimate of drug-likeness (QED) is 0.412. The van der Waals surface area contributed by atoms with E-state index in [0.717, 1.165) is 0 Å². The van der Waals surface area contributed by atoms with E-state index < -0.39 is 0 Å². The van der Waals surface area contributed by atoms with Crippen molar-refractivity contribution in [2.24, 2.45) is 0 Å². The topological polar surface area (TPSA) is 99.0 Å². The van der Waals surface area contributed by atoms with Gasteiger partial charge in [0.2, 0.25) is 0 Å². The molecule has 7 nitrogen and oxygen atoms in total. The Kier molecular flexibility index (Phi) is 4.73. The fraction of sp³-hybridized carbons (Fsp3) is 0.188. The molecule has 0 amide bonds. The first kappa shape index (κ1) is 17.4. The van der Waals surface area contributed by atoms with Gasteiger partial charge in [0.25, 0.3) is 0 Å². The number of hydrogen-bond donors (Lipinski definition) is 2. The van der Waals surface area contributed by atoms with Crippen LogP contribution >= 0.6 is 23.4 Å². The van der Waals surface area contributed by atoms with Gasteiger partial charge in [-0.1, -0.05) is 23.4 Å². The Bertz CT molecular complexity index is 1020. The molecular weight excluding hydrogens is 362 g/mol. The zero-order chi connectivity index (χ0) is 18.1. The number of nitrogen functional groups attached to an aromatic ring is 1.